The molecule has 4 rings (SSSR count). The molecule has 7 nitrogen and oxygen atoms in total. The number of hydrogen-bond donors (Lipinski definition) is 0. The lowest BCUT2D eigenvalue weighted by Gasteiger charge is -2.28. The first-order chi connectivity index (χ1) is 14.4. The Morgan fingerprint density at radius 2 is 1.57 bits per heavy atom. The maximum absolute atomic E-state index is 13.1. The van der Waals surface area contributed by atoms with Crippen LogP contribution < -0.4 is 24.6 Å². The van der Waals surface area contributed by atoms with E-state index in [1.807, 2.05) is 6.92 Å². The van der Waals surface area contributed by atoms with Crippen LogP contribution in [0.1, 0.15) is 39.6 Å². The normalized spacial score (nSPS) is 15.5. The first-order valence-electron chi connectivity index (χ1n) is 9.45. The van der Waals surface area contributed by atoms with E-state index >= 15 is 0 Å². The van der Waals surface area contributed by atoms with Crippen molar-refractivity contribution in [2.24, 2.45) is 0 Å². The zero-order chi connectivity index (χ0) is 21.6. The molecule has 0 radical (unpaired) electrons. The second-order valence-electron chi connectivity index (χ2n) is 7.21. The summed E-state index contributed by atoms with van der Waals surface area (Å²) < 4.78 is 28.0. The number of carbonyl (C=O) groups excluding carboxylic acids is 1. The van der Waals surface area contributed by atoms with Gasteiger partial charge >= 0.3 is 5.63 Å². The summed E-state index contributed by atoms with van der Waals surface area (Å²) in [4.78, 5) is 24.9. The summed E-state index contributed by atoms with van der Waals surface area (Å²) in [5.41, 5.74) is 2.59. The third kappa shape index (κ3) is 3.07. The summed E-state index contributed by atoms with van der Waals surface area (Å²) in [6.45, 7) is 3.60. The van der Waals surface area contributed by atoms with Crippen LogP contribution in [0.3, 0.4) is 0 Å². The van der Waals surface area contributed by atoms with E-state index in [1.54, 1.807) is 25.1 Å². The monoisotopic (exact) mass is 410 g/mol. The number of aryl methyl sites for hydroxylation is 2. The minimum absolute atomic E-state index is 0.0417. The van der Waals surface area contributed by atoms with Crippen molar-refractivity contribution in [3.8, 4) is 23.0 Å². The van der Waals surface area contributed by atoms with E-state index < -0.39 is 11.7 Å². The number of ether oxygens (including phenoxy) is 4. The fourth-order valence-corrected chi connectivity index (χ4v) is 3.99. The molecular weight excluding hydrogens is 388 g/mol. The van der Waals surface area contributed by atoms with Crippen LogP contribution in [0.4, 0.5) is 0 Å². The van der Waals surface area contributed by atoms with Crippen molar-refractivity contribution in [3.05, 3.63) is 56.9 Å². The topological polar surface area (TPSA) is 84.2 Å². The molecule has 0 spiro atoms. The molecule has 0 saturated heterocycles. The lowest BCUT2D eigenvalue weighted by atomic mass is 9.91. The Kier molecular flexibility index (Phi) is 4.89. The predicted octanol–water partition coefficient (Wildman–Crippen LogP) is 4.14. The van der Waals surface area contributed by atoms with Gasteiger partial charge in [0.05, 0.1) is 38.7 Å². The summed E-state index contributed by atoms with van der Waals surface area (Å²) in [6, 6.07) is 6.66. The van der Waals surface area contributed by atoms with E-state index in [-0.39, 0.29) is 12.2 Å². The van der Waals surface area contributed by atoms with Crippen molar-refractivity contribution in [2.45, 2.75) is 26.4 Å². The van der Waals surface area contributed by atoms with Gasteiger partial charge in [-0.3, -0.25) is 4.79 Å². The number of rotatable bonds is 4. The van der Waals surface area contributed by atoms with Crippen molar-refractivity contribution >= 4 is 16.8 Å². The Hall–Kier alpha value is -3.48. The molecule has 1 atom stereocenters. The standard InChI is InChI=1S/C23H22O7/c1-11-6-16-21(12(2)7-19(25)29-16)23-20(11)14(24)10-15(30-23)13-8-17(26-3)22(28-5)18(9-13)27-4/h6-9,15H,10H2,1-5H3. The molecule has 0 amide bonds. The fraction of sp³-hybridized carbons (Fsp3) is 0.304. The number of carbonyl (C=O) groups is 1. The summed E-state index contributed by atoms with van der Waals surface area (Å²) in [7, 11) is 4.60. The third-order valence-corrected chi connectivity index (χ3v) is 5.35. The zero-order valence-electron chi connectivity index (χ0n) is 17.5. The highest BCUT2D eigenvalue weighted by atomic mass is 16.5. The molecule has 156 valence electrons. The minimum atomic E-state index is -0.560. The third-order valence-electron chi connectivity index (χ3n) is 5.35. The van der Waals surface area contributed by atoms with Gasteiger partial charge < -0.3 is 23.4 Å². The van der Waals surface area contributed by atoms with Gasteiger partial charge in [-0.05, 0) is 43.2 Å². The summed E-state index contributed by atoms with van der Waals surface area (Å²) in [5.74, 6) is 1.81. The van der Waals surface area contributed by atoms with Crippen molar-refractivity contribution in [2.75, 3.05) is 21.3 Å². The Balaban J connectivity index is 1.90. The lowest BCUT2D eigenvalue weighted by molar-refractivity contribution is 0.0851. The Morgan fingerprint density at radius 1 is 0.900 bits per heavy atom. The summed E-state index contributed by atoms with van der Waals surface area (Å²) >= 11 is 0. The van der Waals surface area contributed by atoms with Crippen molar-refractivity contribution in [3.63, 3.8) is 0 Å². The predicted molar refractivity (Wildman–Crippen MR) is 110 cm³/mol. The highest BCUT2D eigenvalue weighted by Crippen LogP contribution is 2.45. The van der Waals surface area contributed by atoms with Gasteiger partial charge in [-0.1, -0.05) is 0 Å². The molecule has 0 N–H and O–H groups in total. The zero-order valence-corrected chi connectivity index (χ0v) is 17.5. The van der Waals surface area contributed by atoms with Crippen LogP contribution in [0.5, 0.6) is 23.0 Å². The summed E-state index contributed by atoms with van der Waals surface area (Å²) in [5, 5.41) is 0.626. The van der Waals surface area contributed by atoms with Gasteiger partial charge in [0.1, 0.15) is 17.4 Å². The average Bonchev–Trinajstić information content (AvgIpc) is 2.71. The van der Waals surface area contributed by atoms with Gasteiger partial charge in [-0.2, -0.15) is 0 Å². The molecule has 0 saturated carbocycles. The second kappa shape index (κ2) is 7.40. The number of methoxy groups -OCH3 is 3. The molecule has 2 heterocycles. The molecular formula is C23H22O7. The second-order valence-corrected chi connectivity index (χ2v) is 7.21. The number of hydrogen-bond acceptors (Lipinski definition) is 7. The first-order valence-corrected chi connectivity index (χ1v) is 9.45. The van der Waals surface area contributed by atoms with Gasteiger partial charge in [0.15, 0.2) is 17.3 Å². The van der Waals surface area contributed by atoms with Gasteiger partial charge in [0, 0.05) is 11.6 Å². The highest BCUT2D eigenvalue weighted by molar-refractivity contribution is 6.07. The van der Waals surface area contributed by atoms with Crippen molar-refractivity contribution < 1.29 is 28.2 Å². The van der Waals surface area contributed by atoms with E-state index in [9.17, 15) is 9.59 Å². The molecule has 1 unspecified atom stereocenters. The smallest absolute Gasteiger partial charge is 0.336 e. The molecule has 3 aromatic rings. The molecule has 0 aliphatic carbocycles. The molecule has 0 fully saturated rings. The van der Waals surface area contributed by atoms with Crippen molar-refractivity contribution in [1.29, 1.82) is 0 Å². The van der Waals surface area contributed by atoms with Crippen LogP contribution in [-0.2, 0) is 0 Å². The molecule has 1 aliphatic heterocycles. The number of fused-ring (bicyclic) bond motifs is 3. The van der Waals surface area contributed by atoms with Crippen LogP contribution >= 0.6 is 0 Å². The van der Waals surface area contributed by atoms with Crippen LogP contribution in [0, 0.1) is 13.8 Å². The van der Waals surface area contributed by atoms with E-state index in [2.05, 4.69) is 0 Å². The largest absolute Gasteiger partial charge is 0.493 e. The van der Waals surface area contributed by atoms with Gasteiger partial charge in [0.25, 0.3) is 0 Å². The molecule has 1 aromatic heterocycles. The minimum Gasteiger partial charge on any atom is -0.493 e. The van der Waals surface area contributed by atoms with Crippen LogP contribution in [0.25, 0.3) is 11.0 Å². The van der Waals surface area contributed by atoms with Gasteiger partial charge in [-0.15, -0.1) is 0 Å². The molecule has 7 heteroatoms. The number of benzene rings is 2. The SMILES string of the molecule is COc1cc(C2CC(=O)c3c(C)cc4oc(=O)cc(C)c4c3O2)cc(OC)c1OC. The first kappa shape index (κ1) is 19.8. The molecule has 1 aliphatic rings. The molecule has 30 heavy (non-hydrogen) atoms. The maximum Gasteiger partial charge on any atom is 0.336 e. The van der Waals surface area contributed by atoms with Crippen LogP contribution in [0.2, 0.25) is 0 Å². The van der Waals surface area contributed by atoms with E-state index in [0.29, 0.717) is 56.2 Å². The van der Waals surface area contributed by atoms with Gasteiger partial charge in [-0.25, -0.2) is 4.79 Å². The quantitative estimate of drug-likeness (QED) is 0.598. The lowest BCUT2D eigenvalue weighted by Crippen LogP contribution is -2.22. The van der Waals surface area contributed by atoms with Crippen LogP contribution in [-0.4, -0.2) is 27.1 Å². The Bertz CT molecular complexity index is 1200. The van der Waals surface area contributed by atoms with E-state index in [0.717, 1.165) is 0 Å². The Labute approximate surface area is 173 Å². The summed E-state index contributed by atoms with van der Waals surface area (Å²) in [6.07, 6.45) is -0.400. The van der Waals surface area contributed by atoms with E-state index in [1.165, 1.54) is 27.4 Å². The van der Waals surface area contributed by atoms with Gasteiger partial charge in [0.2, 0.25) is 5.75 Å². The average molecular weight is 410 g/mol. The fourth-order valence-electron chi connectivity index (χ4n) is 3.99. The maximum atomic E-state index is 13.1. The molecule has 2 aromatic carbocycles. The van der Waals surface area contributed by atoms with Crippen LogP contribution in [0.15, 0.2) is 33.5 Å². The Morgan fingerprint density at radius 3 is 2.17 bits per heavy atom. The van der Waals surface area contributed by atoms with Crippen molar-refractivity contribution in [1.82, 2.24) is 0 Å². The highest BCUT2D eigenvalue weighted by Gasteiger charge is 2.33. The number of ketones is 1. The van der Waals surface area contributed by atoms with E-state index in [4.69, 9.17) is 23.4 Å². The number of Topliss-reactive ketones (excluding diaryl/α,β-unsaturated/α-hetero) is 1. The molecule has 0 bridgehead atoms.